The average molecular weight is 838 g/mol. The maximum atomic E-state index is 13.7. The molecule has 4 aromatic carbocycles. The molecule has 13 nitrogen and oxygen atoms in total. The molecule has 2 amide bonds. The summed E-state index contributed by atoms with van der Waals surface area (Å²) < 4.78 is 21.2. The van der Waals surface area contributed by atoms with Crippen LogP contribution in [0.5, 0.6) is 34.5 Å². The number of nitrogens with zero attached hydrogens (tertiary/aromatic N) is 4. The number of amides is 2. The van der Waals surface area contributed by atoms with Crippen molar-refractivity contribution in [2.24, 2.45) is 9.98 Å². The SMILES string of the molecule is COc1cc(/C=C2\SC(=Nc3ccccc3)N(CCCCCCNCCN3C(=O)/C(=C/c4cc(OC)c(O)c(OC)c4)SC3=Nc3ccccc3)C2=O)cc(OC)c1O. The zero-order valence-corrected chi connectivity index (χ0v) is 35.0. The number of aliphatic imine (C=N–C) groups is 2. The molecule has 0 unspecified atom stereocenters. The third-order valence-electron chi connectivity index (χ3n) is 9.34. The van der Waals surface area contributed by atoms with Crippen LogP contribution in [-0.4, -0.2) is 96.8 Å². The smallest absolute Gasteiger partial charge is 0.266 e. The fraction of sp³-hybridized carbons (Fsp3) is 0.273. The van der Waals surface area contributed by atoms with Crippen molar-refractivity contribution in [1.82, 2.24) is 15.1 Å². The molecular weight excluding hydrogens is 791 g/mol. The molecule has 6 rings (SSSR count). The molecule has 0 saturated carbocycles. The molecular formula is C44H47N5O8S2. The number of phenolic OH excluding ortho intramolecular Hbond substituents is 2. The van der Waals surface area contributed by atoms with Gasteiger partial charge in [-0.3, -0.25) is 19.4 Å². The minimum atomic E-state index is -0.164. The topological polar surface area (TPSA) is 155 Å². The van der Waals surface area contributed by atoms with E-state index in [0.717, 1.165) is 43.6 Å². The van der Waals surface area contributed by atoms with E-state index in [1.54, 1.807) is 46.2 Å². The molecule has 2 fully saturated rings. The average Bonchev–Trinajstić information content (AvgIpc) is 3.70. The molecule has 0 spiro atoms. The molecule has 0 aliphatic carbocycles. The number of carbonyl (C=O) groups excluding carboxylic acids is 2. The summed E-state index contributed by atoms with van der Waals surface area (Å²) in [7, 11) is 5.84. The monoisotopic (exact) mass is 837 g/mol. The number of aromatic hydroxyl groups is 2. The van der Waals surface area contributed by atoms with E-state index < -0.39 is 0 Å². The van der Waals surface area contributed by atoms with Crippen LogP contribution in [0.25, 0.3) is 12.2 Å². The summed E-state index contributed by atoms with van der Waals surface area (Å²) in [5.74, 6) is 0.469. The van der Waals surface area contributed by atoms with Gasteiger partial charge in [-0.25, -0.2) is 9.98 Å². The first-order chi connectivity index (χ1) is 28.7. The minimum Gasteiger partial charge on any atom is -0.502 e. The number of ether oxygens (including phenoxy) is 4. The standard InChI is InChI=1S/C44H47N5O8S2/c1-54-33-23-29(24-34(55-2)39(33)50)27-37-41(52)48(43(58-37)46-31-15-9-7-10-16-31)21-14-6-5-13-19-45-20-22-49-42(53)38(59-44(49)47-32-17-11-8-12-18-32)28-30-25-35(56-3)40(51)36(26-30)57-4/h7-12,15-18,23-28,45,50-51H,5-6,13-14,19-22H2,1-4H3/b37-27-,38-28-,46-43?,47-44?. The lowest BCUT2D eigenvalue weighted by Gasteiger charge is -2.16. The van der Waals surface area contributed by atoms with Crippen LogP contribution in [0.1, 0.15) is 36.8 Å². The van der Waals surface area contributed by atoms with Gasteiger partial charge in [0.15, 0.2) is 33.3 Å². The van der Waals surface area contributed by atoms with Gasteiger partial charge >= 0.3 is 0 Å². The number of hydrogen-bond acceptors (Lipinski definition) is 13. The van der Waals surface area contributed by atoms with Crippen molar-refractivity contribution in [3.8, 4) is 34.5 Å². The highest BCUT2D eigenvalue weighted by Crippen LogP contribution is 2.41. The molecule has 0 radical (unpaired) electrons. The number of unbranched alkanes of at least 4 members (excludes halogenated alkanes) is 3. The highest BCUT2D eigenvalue weighted by Gasteiger charge is 2.34. The number of thioether (sulfide) groups is 2. The first-order valence-electron chi connectivity index (χ1n) is 19.0. The van der Waals surface area contributed by atoms with Gasteiger partial charge in [0.2, 0.25) is 11.5 Å². The summed E-state index contributed by atoms with van der Waals surface area (Å²) in [6.45, 7) is 2.28. The van der Waals surface area contributed by atoms with Crippen LogP contribution >= 0.6 is 23.5 Å². The fourth-order valence-electron chi connectivity index (χ4n) is 6.29. The van der Waals surface area contributed by atoms with Crippen molar-refractivity contribution in [3.63, 3.8) is 0 Å². The van der Waals surface area contributed by atoms with Crippen LogP contribution < -0.4 is 24.3 Å². The second-order valence-corrected chi connectivity index (χ2v) is 15.3. The fourth-order valence-corrected chi connectivity index (χ4v) is 8.34. The van der Waals surface area contributed by atoms with Crippen LogP contribution in [-0.2, 0) is 9.59 Å². The Morgan fingerprint density at radius 2 is 0.983 bits per heavy atom. The summed E-state index contributed by atoms with van der Waals surface area (Å²) >= 11 is 2.61. The van der Waals surface area contributed by atoms with E-state index in [9.17, 15) is 19.8 Å². The molecule has 15 heteroatoms. The Morgan fingerprint density at radius 3 is 1.41 bits per heavy atom. The van der Waals surface area contributed by atoms with Crippen LogP contribution in [0.4, 0.5) is 11.4 Å². The Bertz CT molecular complexity index is 2040. The lowest BCUT2D eigenvalue weighted by molar-refractivity contribution is -0.123. The zero-order chi connectivity index (χ0) is 41.7. The Labute approximate surface area is 352 Å². The summed E-state index contributed by atoms with van der Waals surface area (Å²) in [6, 6.07) is 25.7. The summed E-state index contributed by atoms with van der Waals surface area (Å²) in [6.07, 6.45) is 7.09. The summed E-state index contributed by atoms with van der Waals surface area (Å²) in [5.41, 5.74) is 2.80. The Kier molecular flexibility index (Phi) is 15.0. The second kappa shape index (κ2) is 20.7. The number of amidine groups is 2. The van der Waals surface area contributed by atoms with Gasteiger partial charge in [-0.2, -0.15) is 0 Å². The van der Waals surface area contributed by atoms with Gasteiger partial charge in [0.05, 0.1) is 49.6 Å². The molecule has 2 heterocycles. The quantitative estimate of drug-likeness (QED) is 0.0657. The third-order valence-corrected chi connectivity index (χ3v) is 11.3. The molecule has 2 saturated heterocycles. The van der Waals surface area contributed by atoms with Crippen LogP contribution in [0.2, 0.25) is 0 Å². The van der Waals surface area contributed by atoms with Crippen LogP contribution in [0, 0.1) is 0 Å². The number of phenols is 2. The van der Waals surface area contributed by atoms with Gasteiger partial charge in [-0.1, -0.05) is 49.2 Å². The molecule has 2 aliphatic heterocycles. The zero-order valence-electron chi connectivity index (χ0n) is 33.3. The predicted molar refractivity (Wildman–Crippen MR) is 235 cm³/mol. The lowest BCUT2D eigenvalue weighted by Crippen LogP contribution is -2.36. The van der Waals surface area contributed by atoms with E-state index >= 15 is 0 Å². The molecule has 4 aromatic rings. The maximum absolute atomic E-state index is 13.7. The second-order valence-electron chi connectivity index (χ2n) is 13.3. The van der Waals surface area contributed by atoms with E-state index in [-0.39, 0.29) is 46.3 Å². The molecule has 0 atom stereocenters. The third kappa shape index (κ3) is 10.8. The number of methoxy groups -OCH3 is 4. The van der Waals surface area contributed by atoms with E-state index in [2.05, 4.69) is 5.32 Å². The number of carbonyl (C=O) groups is 2. The Balaban J connectivity index is 1.03. The van der Waals surface area contributed by atoms with Crippen molar-refractivity contribution >= 4 is 69.2 Å². The molecule has 3 N–H and O–H groups in total. The van der Waals surface area contributed by atoms with Crippen LogP contribution in [0.3, 0.4) is 0 Å². The van der Waals surface area contributed by atoms with Gasteiger partial charge in [-0.15, -0.1) is 0 Å². The Hall–Kier alpha value is -5.90. The van der Waals surface area contributed by atoms with Crippen molar-refractivity contribution in [3.05, 3.63) is 106 Å². The van der Waals surface area contributed by atoms with Crippen molar-refractivity contribution < 1.29 is 38.7 Å². The summed E-state index contributed by atoms with van der Waals surface area (Å²) in [4.78, 5) is 41.5. The van der Waals surface area contributed by atoms with E-state index in [1.807, 2.05) is 60.7 Å². The molecule has 59 heavy (non-hydrogen) atoms. The number of hydrogen-bond donors (Lipinski definition) is 3. The first kappa shape index (κ1) is 42.7. The van der Waals surface area contributed by atoms with Gasteiger partial charge in [0.25, 0.3) is 11.8 Å². The van der Waals surface area contributed by atoms with Gasteiger partial charge < -0.3 is 34.5 Å². The minimum absolute atomic E-state index is 0.105. The predicted octanol–water partition coefficient (Wildman–Crippen LogP) is 8.19. The molecule has 308 valence electrons. The van der Waals surface area contributed by atoms with Crippen LogP contribution in [0.15, 0.2) is 105 Å². The highest BCUT2D eigenvalue weighted by atomic mass is 32.2. The first-order valence-corrected chi connectivity index (χ1v) is 20.7. The maximum Gasteiger partial charge on any atom is 0.266 e. The van der Waals surface area contributed by atoms with Crippen molar-refractivity contribution in [1.29, 1.82) is 0 Å². The van der Waals surface area contributed by atoms with Crippen molar-refractivity contribution in [2.45, 2.75) is 25.7 Å². The number of nitrogens with one attached hydrogen (secondary N) is 1. The number of benzene rings is 4. The lowest BCUT2D eigenvalue weighted by atomic mass is 10.1. The highest BCUT2D eigenvalue weighted by molar-refractivity contribution is 8.19. The number of rotatable bonds is 18. The van der Waals surface area contributed by atoms with Gasteiger partial charge in [0, 0.05) is 19.6 Å². The molecule has 0 aromatic heterocycles. The van der Waals surface area contributed by atoms with E-state index in [0.29, 0.717) is 50.9 Å². The summed E-state index contributed by atoms with van der Waals surface area (Å²) in [5, 5.41) is 25.4. The van der Waals surface area contributed by atoms with E-state index in [4.69, 9.17) is 28.9 Å². The molecule has 2 aliphatic rings. The molecule has 0 bridgehead atoms. The van der Waals surface area contributed by atoms with E-state index in [1.165, 1.54) is 52.0 Å². The largest absolute Gasteiger partial charge is 0.502 e. The normalized spacial score (nSPS) is 16.9. The Morgan fingerprint density at radius 1 is 0.576 bits per heavy atom. The van der Waals surface area contributed by atoms with Crippen molar-refractivity contribution in [2.75, 3.05) is 54.6 Å². The van der Waals surface area contributed by atoms with Gasteiger partial charge in [-0.05, 0) is 115 Å². The number of para-hydroxylation sites is 2. The van der Waals surface area contributed by atoms with Gasteiger partial charge in [0.1, 0.15) is 0 Å².